The fourth-order valence-corrected chi connectivity index (χ4v) is 3.68. The number of piperidine rings is 1. The van der Waals surface area contributed by atoms with Crippen molar-refractivity contribution in [1.82, 2.24) is 5.32 Å². The standard InChI is InChI=1S/C23H28N4O5/c1-32-14-6-11-24-23(29)20-16-18(9-10-21(20)26-12-3-2-4-13-26)25-22(28)17-7-5-8-19(15-17)27(30)31/h5,7-10,15-16H,2-4,6,11-14H2,1H3,(H,24,29)(H,25,28). The molecule has 0 aliphatic carbocycles. The summed E-state index contributed by atoms with van der Waals surface area (Å²) in [6.45, 7) is 2.79. The Hall–Kier alpha value is -3.46. The molecule has 0 radical (unpaired) electrons. The van der Waals surface area contributed by atoms with Crippen LogP contribution in [0.5, 0.6) is 0 Å². The van der Waals surface area contributed by atoms with Gasteiger partial charge in [0.2, 0.25) is 0 Å². The number of nitrogens with one attached hydrogen (secondary N) is 2. The number of nitrogens with zero attached hydrogens (tertiary/aromatic N) is 2. The van der Waals surface area contributed by atoms with Crippen molar-refractivity contribution in [2.24, 2.45) is 0 Å². The van der Waals surface area contributed by atoms with E-state index in [1.54, 1.807) is 19.2 Å². The third kappa shape index (κ3) is 6.04. The fourth-order valence-electron chi connectivity index (χ4n) is 3.68. The lowest BCUT2D eigenvalue weighted by Gasteiger charge is -2.30. The van der Waals surface area contributed by atoms with Gasteiger partial charge < -0.3 is 20.3 Å². The maximum Gasteiger partial charge on any atom is 0.270 e. The third-order valence-corrected chi connectivity index (χ3v) is 5.33. The molecule has 2 amide bonds. The predicted octanol–water partition coefficient (Wildman–Crippen LogP) is 3.60. The number of hydrogen-bond acceptors (Lipinski definition) is 6. The van der Waals surface area contributed by atoms with Gasteiger partial charge >= 0.3 is 0 Å². The normalized spacial score (nSPS) is 13.5. The molecule has 9 heteroatoms. The van der Waals surface area contributed by atoms with Crippen LogP contribution in [0.2, 0.25) is 0 Å². The Bertz CT molecular complexity index is 973. The Balaban J connectivity index is 1.81. The van der Waals surface area contributed by atoms with Gasteiger partial charge in [-0.15, -0.1) is 0 Å². The van der Waals surface area contributed by atoms with Gasteiger partial charge in [-0.25, -0.2) is 0 Å². The highest BCUT2D eigenvalue weighted by atomic mass is 16.6. The van der Waals surface area contributed by atoms with E-state index >= 15 is 0 Å². The van der Waals surface area contributed by atoms with Crippen molar-refractivity contribution >= 4 is 28.9 Å². The van der Waals surface area contributed by atoms with Gasteiger partial charge in [0.05, 0.1) is 10.5 Å². The molecule has 2 N–H and O–H groups in total. The summed E-state index contributed by atoms with van der Waals surface area (Å²) >= 11 is 0. The van der Waals surface area contributed by atoms with E-state index in [2.05, 4.69) is 15.5 Å². The lowest BCUT2D eigenvalue weighted by Crippen LogP contribution is -2.33. The summed E-state index contributed by atoms with van der Waals surface area (Å²) in [5, 5.41) is 16.6. The molecule has 1 saturated heterocycles. The van der Waals surface area contributed by atoms with Crippen molar-refractivity contribution in [3.8, 4) is 0 Å². The number of amides is 2. The molecule has 32 heavy (non-hydrogen) atoms. The average Bonchev–Trinajstić information content (AvgIpc) is 2.82. The molecule has 0 unspecified atom stereocenters. The van der Waals surface area contributed by atoms with Crippen molar-refractivity contribution in [1.29, 1.82) is 0 Å². The van der Waals surface area contributed by atoms with Crippen LogP contribution in [0, 0.1) is 10.1 Å². The first-order valence-corrected chi connectivity index (χ1v) is 10.7. The zero-order valence-electron chi connectivity index (χ0n) is 18.1. The molecule has 1 fully saturated rings. The van der Waals surface area contributed by atoms with Crippen LogP contribution < -0.4 is 15.5 Å². The van der Waals surface area contributed by atoms with E-state index in [9.17, 15) is 19.7 Å². The number of non-ortho nitro benzene ring substituents is 1. The minimum Gasteiger partial charge on any atom is -0.385 e. The summed E-state index contributed by atoms with van der Waals surface area (Å²) < 4.78 is 5.03. The largest absolute Gasteiger partial charge is 0.385 e. The molecule has 0 atom stereocenters. The number of carbonyl (C=O) groups is 2. The molecule has 1 aliphatic rings. The van der Waals surface area contributed by atoms with Gasteiger partial charge in [-0.3, -0.25) is 19.7 Å². The first-order valence-electron chi connectivity index (χ1n) is 10.7. The Kier molecular flexibility index (Phi) is 8.15. The molecule has 9 nitrogen and oxygen atoms in total. The van der Waals surface area contributed by atoms with Crippen LogP contribution in [0.1, 0.15) is 46.4 Å². The zero-order valence-corrected chi connectivity index (χ0v) is 18.1. The molecule has 0 bridgehead atoms. The van der Waals surface area contributed by atoms with Gasteiger partial charge in [0, 0.05) is 62.4 Å². The lowest BCUT2D eigenvalue weighted by molar-refractivity contribution is -0.384. The maximum atomic E-state index is 12.9. The number of hydrogen-bond donors (Lipinski definition) is 2. The van der Waals surface area contributed by atoms with Gasteiger partial charge in [-0.05, 0) is 49.9 Å². The fraction of sp³-hybridized carbons (Fsp3) is 0.391. The summed E-state index contributed by atoms with van der Waals surface area (Å²) in [7, 11) is 1.61. The number of rotatable bonds is 9. The van der Waals surface area contributed by atoms with Crippen LogP contribution in [-0.2, 0) is 4.74 Å². The van der Waals surface area contributed by atoms with Gasteiger partial charge in [0.15, 0.2) is 0 Å². The minimum absolute atomic E-state index is 0.158. The summed E-state index contributed by atoms with van der Waals surface area (Å²) in [6, 6.07) is 10.8. The van der Waals surface area contributed by atoms with Crippen molar-refractivity contribution in [3.63, 3.8) is 0 Å². The number of ether oxygens (including phenoxy) is 1. The molecule has 170 valence electrons. The Morgan fingerprint density at radius 1 is 1.09 bits per heavy atom. The van der Waals surface area contributed by atoms with E-state index in [-0.39, 0.29) is 17.2 Å². The smallest absolute Gasteiger partial charge is 0.270 e. The summed E-state index contributed by atoms with van der Waals surface area (Å²) in [5.41, 5.74) is 1.78. The van der Waals surface area contributed by atoms with Gasteiger partial charge in [-0.1, -0.05) is 6.07 Å². The van der Waals surface area contributed by atoms with E-state index in [1.165, 1.54) is 30.7 Å². The molecule has 0 aromatic heterocycles. The van der Waals surface area contributed by atoms with Crippen LogP contribution >= 0.6 is 0 Å². The van der Waals surface area contributed by atoms with Crippen LogP contribution in [0.25, 0.3) is 0 Å². The van der Waals surface area contributed by atoms with E-state index in [0.717, 1.165) is 31.6 Å². The Labute approximate surface area is 186 Å². The monoisotopic (exact) mass is 440 g/mol. The molecule has 3 rings (SSSR count). The zero-order chi connectivity index (χ0) is 22.9. The van der Waals surface area contributed by atoms with Crippen molar-refractivity contribution in [3.05, 3.63) is 63.7 Å². The van der Waals surface area contributed by atoms with Crippen molar-refractivity contribution < 1.29 is 19.2 Å². The maximum absolute atomic E-state index is 12.9. The van der Waals surface area contributed by atoms with Crippen LogP contribution in [0.4, 0.5) is 17.1 Å². The molecule has 2 aromatic carbocycles. The Morgan fingerprint density at radius 2 is 1.88 bits per heavy atom. The number of nitro benzene ring substituents is 1. The number of anilines is 2. The third-order valence-electron chi connectivity index (χ3n) is 5.33. The molecular formula is C23H28N4O5. The molecular weight excluding hydrogens is 412 g/mol. The first-order chi connectivity index (χ1) is 15.5. The van der Waals surface area contributed by atoms with Gasteiger partial charge in [-0.2, -0.15) is 0 Å². The van der Waals surface area contributed by atoms with Crippen LogP contribution in [0.15, 0.2) is 42.5 Å². The molecule has 0 spiro atoms. The van der Waals surface area contributed by atoms with Gasteiger partial charge in [0.25, 0.3) is 17.5 Å². The number of methoxy groups -OCH3 is 1. The second-order valence-electron chi connectivity index (χ2n) is 7.64. The quantitative estimate of drug-likeness (QED) is 0.350. The first kappa shape index (κ1) is 23.2. The summed E-state index contributed by atoms with van der Waals surface area (Å²) in [6.07, 6.45) is 4.01. The SMILES string of the molecule is COCCCNC(=O)c1cc(NC(=O)c2cccc([N+](=O)[O-])c2)ccc1N1CCCCC1. The Morgan fingerprint density at radius 3 is 2.59 bits per heavy atom. The molecule has 1 heterocycles. The molecule has 0 saturated carbocycles. The minimum atomic E-state index is -0.545. The topological polar surface area (TPSA) is 114 Å². The van der Waals surface area contributed by atoms with Crippen molar-refractivity contribution in [2.75, 3.05) is 43.6 Å². The number of carbonyl (C=O) groups excluding carboxylic acids is 2. The van der Waals surface area contributed by atoms with Crippen molar-refractivity contribution in [2.45, 2.75) is 25.7 Å². The highest BCUT2D eigenvalue weighted by Gasteiger charge is 2.20. The number of nitro groups is 1. The van der Waals surface area contributed by atoms with Crippen LogP contribution in [-0.4, -0.2) is 50.1 Å². The molecule has 1 aliphatic heterocycles. The average molecular weight is 441 g/mol. The van der Waals surface area contributed by atoms with E-state index in [1.807, 2.05) is 6.07 Å². The lowest BCUT2D eigenvalue weighted by atomic mass is 10.1. The highest BCUT2D eigenvalue weighted by Crippen LogP contribution is 2.27. The predicted molar refractivity (Wildman–Crippen MR) is 122 cm³/mol. The van der Waals surface area contributed by atoms with E-state index < -0.39 is 10.8 Å². The van der Waals surface area contributed by atoms with E-state index in [4.69, 9.17) is 4.74 Å². The highest BCUT2D eigenvalue weighted by molar-refractivity contribution is 6.06. The van der Waals surface area contributed by atoms with Crippen LogP contribution in [0.3, 0.4) is 0 Å². The summed E-state index contributed by atoms with van der Waals surface area (Å²) in [5.74, 6) is -0.695. The van der Waals surface area contributed by atoms with Gasteiger partial charge in [0.1, 0.15) is 0 Å². The second kappa shape index (κ2) is 11.2. The van der Waals surface area contributed by atoms with E-state index in [0.29, 0.717) is 30.8 Å². The second-order valence-corrected chi connectivity index (χ2v) is 7.64. The number of benzene rings is 2. The summed E-state index contributed by atoms with van der Waals surface area (Å²) in [4.78, 5) is 38.2. The molecule has 2 aromatic rings.